The average molecular weight is 308 g/mol. The summed E-state index contributed by atoms with van der Waals surface area (Å²) in [7, 11) is 0. The molecule has 3 rings (SSSR count). The highest BCUT2D eigenvalue weighted by atomic mass is 19.1. The van der Waals surface area contributed by atoms with Gasteiger partial charge in [-0.3, -0.25) is 4.98 Å². The van der Waals surface area contributed by atoms with Crippen molar-refractivity contribution in [1.29, 1.82) is 0 Å². The number of halogens is 1. The molecule has 114 valence electrons. The number of nitrogens with one attached hydrogen (secondary N) is 1. The fraction of sp³-hybridized carbons (Fsp3) is 0. The van der Waals surface area contributed by atoms with Crippen LogP contribution in [-0.2, 0) is 4.79 Å². The zero-order chi connectivity index (χ0) is 16.2. The molecule has 0 aliphatic carbocycles. The normalized spacial score (nSPS) is 11.0. The second-order valence-corrected chi connectivity index (χ2v) is 4.91. The first-order valence-electron chi connectivity index (χ1n) is 6.94. The summed E-state index contributed by atoms with van der Waals surface area (Å²) in [5, 5.41) is 8.84. The highest BCUT2D eigenvalue weighted by molar-refractivity contribution is 5.92. The molecule has 0 spiro atoms. The van der Waals surface area contributed by atoms with Gasteiger partial charge in [0.25, 0.3) is 0 Å². The summed E-state index contributed by atoms with van der Waals surface area (Å²) < 4.78 is 13.1. The number of benzene rings is 1. The maximum atomic E-state index is 13.1. The van der Waals surface area contributed by atoms with Crippen LogP contribution in [0.3, 0.4) is 0 Å². The van der Waals surface area contributed by atoms with Crippen LogP contribution in [0.1, 0.15) is 5.56 Å². The second kappa shape index (κ2) is 6.27. The van der Waals surface area contributed by atoms with E-state index in [-0.39, 0.29) is 5.82 Å². The molecular weight excluding hydrogens is 295 g/mol. The Bertz CT molecular complexity index is 852. The standard InChI is InChI=1S/C18H13FN2O2/c19-15-4-1-13(2-5-15)18-17(12-7-9-20-10-8-12)14(11-21-18)3-6-16(22)23/h1-11,21H,(H,22,23)/b6-3+. The molecular formula is C18H13FN2O2. The quantitative estimate of drug-likeness (QED) is 0.716. The zero-order valence-corrected chi connectivity index (χ0v) is 12.0. The SMILES string of the molecule is O=C(O)/C=C/c1c[nH]c(-c2ccc(F)cc2)c1-c1ccncc1. The lowest BCUT2D eigenvalue weighted by atomic mass is 9.98. The molecule has 0 aliphatic rings. The van der Waals surface area contributed by atoms with Gasteiger partial charge in [-0.2, -0.15) is 0 Å². The molecule has 23 heavy (non-hydrogen) atoms. The molecule has 0 saturated carbocycles. The van der Waals surface area contributed by atoms with E-state index in [4.69, 9.17) is 5.11 Å². The van der Waals surface area contributed by atoms with Crippen molar-refractivity contribution < 1.29 is 14.3 Å². The Morgan fingerprint density at radius 1 is 1.09 bits per heavy atom. The number of carboxylic acids is 1. The summed E-state index contributed by atoms with van der Waals surface area (Å²) in [6.07, 6.45) is 7.68. The van der Waals surface area contributed by atoms with Crippen LogP contribution in [0.4, 0.5) is 4.39 Å². The fourth-order valence-electron chi connectivity index (χ4n) is 2.40. The molecule has 0 atom stereocenters. The van der Waals surface area contributed by atoms with Gasteiger partial charge in [0.05, 0.1) is 5.69 Å². The number of aliphatic carboxylic acids is 1. The third-order valence-electron chi connectivity index (χ3n) is 3.42. The first-order chi connectivity index (χ1) is 11.1. The van der Waals surface area contributed by atoms with Gasteiger partial charge in [-0.25, -0.2) is 9.18 Å². The van der Waals surface area contributed by atoms with E-state index >= 15 is 0 Å². The number of hydrogen-bond donors (Lipinski definition) is 2. The highest BCUT2D eigenvalue weighted by Gasteiger charge is 2.13. The molecule has 2 aromatic heterocycles. The Kier molecular flexibility index (Phi) is 4.01. The summed E-state index contributed by atoms with van der Waals surface area (Å²) in [6.45, 7) is 0. The van der Waals surface area contributed by atoms with Crippen molar-refractivity contribution >= 4 is 12.0 Å². The minimum absolute atomic E-state index is 0.309. The van der Waals surface area contributed by atoms with Crippen LogP contribution in [0.5, 0.6) is 0 Å². The predicted molar refractivity (Wildman–Crippen MR) is 86.1 cm³/mol. The number of rotatable bonds is 4. The predicted octanol–water partition coefficient (Wildman–Crippen LogP) is 3.98. The van der Waals surface area contributed by atoms with Gasteiger partial charge in [-0.1, -0.05) is 0 Å². The molecule has 0 unspecified atom stereocenters. The van der Waals surface area contributed by atoms with Gasteiger partial charge in [-0.05, 0) is 53.6 Å². The van der Waals surface area contributed by atoms with Crippen molar-refractivity contribution in [3.63, 3.8) is 0 Å². The van der Waals surface area contributed by atoms with E-state index in [1.165, 1.54) is 18.2 Å². The van der Waals surface area contributed by atoms with Gasteiger partial charge in [0.2, 0.25) is 0 Å². The summed E-state index contributed by atoms with van der Waals surface area (Å²) >= 11 is 0. The van der Waals surface area contributed by atoms with Gasteiger partial charge >= 0.3 is 5.97 Å². The largest absolute Gasteiger partial charge is 0.478 e. The minimum Gasteiger partial charge on any atom is -0.478 e. The van der Waals surface area contributed by atoms with E-state index in [9.17, 15) is 9.18 Å². The number of aromatic amines is 1. The van der Waals surface area contributed by atoms with E-state index in [1.54, 1.807) is 30.7 Å². The summed E-state index contributed by atoms with van der Waals surface area (Å²) in [4.78, 5) is 17.9. The number of pyridine rings is 1. The molecule has 0 aliphatic heterocycles. The highest BCUT2D eigenvalue weighted by Crippen LogP contribution is 2.35. The molecule has 4 nitrogen and oxygen atoms in total. The van der Waals surface area contributed by atoms with Crippen LogP contribution in [-0.4, -0.2) is 21.0 Å². The van der Waals surface area contributed by atoms with Crippen molar-refractivity contribution in [3.05, 3.63) is 72.4 Å². The lowest BCUT2D eigenvalue weighted by Gasteiger charge is -2.06. The van der Waals surface area contributed by atoms with Crippen LogP contribution in [0, 0.1) is 5.82 Å². The van der Waals surface area contributed by atoms with Gasteiger partial charge in [0.15, 0.2) is 0 Å². The van der Waals surface area contributed by atoms with E-state index < -0.39 is 5.97 Å². The van der Waals surface area contributed by atoms with Crippen molar-refractivity contribution in [2.24, 2.45) is 0 Å². The lowest BCUT2D eigenvalue weighted by Crippen LogP contribution is -1.87. The number of nitrogens with zero attached hydrogens (tertiary/aromatic N) is 1. The van der Waals surface area contributed by atoms with Crippen LogP contribution >= 0.6 is 0 Å². The number of aromatic nitrogens is 2. The number of hydrogen-bond acceptors (Lipinski definition) is 2. The van der Waals surface area contributed by atoms with Crippen LogP contribution in [0.25, 0.3) is 28.5 Å². The van der Waals surface area contributed by atoms with E-state index in [1.807, 2.05) is 12.1 Å². The molecule has 0 amide bonds. The molecule has 3 aromatic rings. The van der Waals surface area contributed by atoms with E-state index in [2.05, 4.69) is 9.97 Å². The minimum atomic E-state index is -1.02. The number of carboxylic acid groups (broad SMARTS) is 1. The van der Waals surface area contributed by atoms with Gasteiger partial charge in [0.1, 0.15) is 5.82 Å². The molecule has 0 bridgehead atoms. The van der Waals surface area contributed by atoms with Crippen molar-refractivity contribution in [3.8, 4) is 22.4 Å². The smallest absolute Gasteiger partial charge is 0.328 e. The molecule has 2 heterocycles. The Morgan fingerprint density at radius 2 is 1.78 bits per heavy atom. The van der Waals surface area contributed by atoms with Crippen LogP contribution in [0.2, 0.25) is 0 Å². The third kappa shape index (κ3) is 3.18. The van der Waals surface area contributed by atoms with E-state index in [0.29, 0.717) is 0 Å². The average Bonchev–Trinajstić information content (AvgIpc) is 2.98. The van der Waals surface area contributed by atoms with Gasteiger partial charge in [-0.15, -0.1) is 0 Å². The summed E-state index contributed by atoms with van der Waals surface area (Å²) in [6, 6.07) is 9.81. The monoisotopic (exact) mass is 308 g/mol. The van der Waals surface area contributed by atoms with Gasteiger partial charge in [0, 0.05) is 35.8 Å². The van der Waals surface area contributed by atoms with Crippen LogP contribution in [0.15, 0.2) is 61.1 Å². The second-order valence-electron chi connectivity index (χ2n) is 4.91. The first-order valence-corrected chi connectivity index (χ1v) is 6.94. The molecule has 1 aromatic carbocycles. The molecule has 2 N–H and O–H groups in total. The van der Waals surface area contributed by atoms with E-state index in [0.717, 1.165) is 34.0 Å². The first kappa shape index (κ1) is 14.7. The maximum Gasteiger partial charge on any atom is 0.328 e. The molecule has 5 heteroatoms. The number of H-pyrrole nitrogens is 1. The zero-order valence-electron chi connectivity index (χ0n) is 12.0. The lowest BCUT2D eigenvalue weighted by molar-refractivity contribution is -0.131. The van der Waals surface area contributed by atoms with Crippen molar-refractivity contribution in [1.82, 2.24) is 9.97 Å². The molecule has 0 fully saturated rings. The molecule has 0 radical (unpaired) electrons. The Hall–Kier alpha value is -3.21. The van der Waals surface area contributed by atoms with Crippen molar-refractivity contribution in [2.45, 2.75) is 0 Å². The van der Waals surface area contributed by atoms with Crippen molar-refractivity contribution in [2.75, 3.05) is 0 Å². The van der Waals surface area contributed by atoms with Gasteiger partial charge < -0.3 is 10.1 Å². The Balaban J connectivity index is 2.17. The maximum absolute atomic E-state index is 13.1. The Morgan fingerprint density at radius 3 is 2.43 bits per heavy atom. The van der Waals surface area contributed by atoms with Crippen LogP contribution < -0.4 is 0 Å². The number of carbonyl (C=O) groups is 1. The summed E-state index contributed by atoms with van der Waals surface area (Å²) in [5.41, 5.74) is 4.08. The topological polar surface area (TPSA) is 66.0 Å². The Labute approximate surface area is 132 Å². The molecule has 0 saturated heterocycles. The third-order valence-corrected chi connectivity index (χ3v) is 3.42. The summed E-state index contributed by atoms with van der Waals surface area (Å²) in [5.74, 6) is -1.33. The fourth-order valence-corrected chi connectivity index (χ4v) is 2.40.